The molecule has 0 atom stereocenters. The van der Waals surface area contributed by atoms with Gasteiger partial charge in [-0.25, -0.2) is 4.98 Å². The minimum absolute atomic E-state index is 0.269. The first-order valence-electron chi connectivity index (χ1n) is 3.36. The number of tetrazole rings is 1. The molecular weight excluding hydrogens is 215 g/mol. The maximum absolute atomic E-state index is 5.81. The number of hydrogen-bond donors (Lipinski definition) is 1. The maximum Gasteiger partial charge on any atom is 0.194 e. The van der Waals surface area contributed by atoms with E-state index in [9.17, 15) is 0 Å². The minimum Gasteiger partial charge on any atom is -0.312 e. The van der Waals surface area contributed by atoms with Crippen LogP contribution in [0.4, 0.5) is 0 Å². The zero-order valence-electron chi connectivity index (χ0n) is 6.28. The maximum atomic E-state index is 5.81. The summed E-state index contributed by atoms with van der Waals surface area (Å²) in [6.07, 6.45) is 1.51. The largest absolute Gasteiger partial charge is 0.312 e. The fourth-order valence-electron chi connectivity index (χ4n) is 0.855. The van der Waals surface area contributed by atoms with E-state index in [-0.39, 0.29) is 5.15 Å². The van der Waals surface area contributed by atoms with Crippen LogP contribution >= 0.6 is 23.2 Å². The third-order valence-corrected chi connectivity index (χ3v) is 2.20. The number of aromatic nitrogens is 6. The molecule has 2 aromatic heterocycles. The van der Waals surface area contributed by atoms with Crippen LogP contribution in [0.25, 0.3) is 0 Å². The highest BCUT2D eigenvalue weighted by molar-refractivity contribution is 6.40. The Balaban J connectivity index is 2.24. The van der Waals surface area contributed by atoms with Gasteiger partial charge in [-0.1, -0.05) is 28.4 Å². The van der Waals surface area contributed by atoms with Crippen LogP contribution in [0.5, 0.6) is 0 Å². The van der Waals surface area contributed by atoms with Crippen LogP contribution in [0, 0.1) is 0 Å². The van der Waals surface area contributed by atoms with E-state index < -0.39 is 0 Å². The molecule has 0 aliphatic rings. The Morgan fingerprint density at radius 2 is 2.31 bits per heavy atom. The van der Waals surface area contributed by atoms with Crippen molar-refractivity contribution in [1.82, 2.24) is 30.2 Å². The Morgan fingerprint density at radius 3 is 2.85 bits per heavy atom. The predicted octanol–water partition coefficient (Wildman–Crippen LogP) is 0.751. The standard InChI is InChI=1S/C5H4Cl2N6/c6-4-5(7)13(2-8-4)1-3-9-11-12-10-3/h2H,1H2,(H,9,10,11,12). The fraction of sp³-hybridized carbons (Fsp3) is 0.200. The number of imidazole rings is 1. The van der Waals surface area contributed by atoms with Crippen molar-refractivity contribution in [3.05, 3.63) is 22.5 Å². The summed E-state index contributed by atoms with van der Waals surface area (Å²) >= 11 is 11.4. The Hall–Kier alpha value is -1.14. The molecule has 0 radical (unpaired) electrons. The van der Waals surface area contributed by atoms with Crippen molar-refractivity contribution >= 4 is 23.2 Å². The van der Waals surface area contributed by atoms with Gasteiger partial charge in [0.1, 0.15) is 5.15 Å². The van der Waals surface area contributed by atoms with Gasteiger partial charge in [-0.05, 0) is 0 Å². The van der Waals surface area contributed by atoms with Gasteiger partial charge in [0, 0.05) is 0 Å². The molecule has 0 fully saturated rings. The van der Waals surface area contributed by atoms with Gasteiger partial charge in [-0.2, -0.15) is 5.21 Å². The summed E-state index contributed by atoms with van der Waals surface area (Å²) in [7, 11) is 0. The molecule has 0 spiro atoms. The van der Waals surface area contributed by atoms with Gasteiger partial charge in [0.15, 0.2) is 11.0 Å². The second kappa shape index (κ2) is 3.31. The highest BCUT2D eigenvalue weighted by Crippen LogP contribution is 2.19. The number of halogens is 2. The quantitative estimate of drug-likeness (QED) is 0.808. The van der Waals surface area contributed by atoms with Gasteiger partial charge in [-0.3, -0.25) is 0 Å². The monoisotopic (exact) mass is 218 g/mol. The van der Waals surface area contributed by atoms with Crippen LogP contribution in [0.1, 0.15) is 5.82 Å². The van der Waals surface area contributed by atoms with Crippen LogP contribution in [-0.2, 0) is 6.54 Å². The second-order valence-corrected chi connectivity index (χ2v) is 3.00. The van der Waals surface area contributed by atoms with Crippen LogP contribution in [0.15, 0.2) is 6.33 Å². The normalized spacial score (nSPS) is 10.6. The molecule has 0 bridgehead atoms. The van der Waals surface area contributed by atoms with E-state index in [1.807, 2.05) is 0 Å². The molecule has 1 N–H and O–H groups in total. The van der Waals surface area contributed by atoms with Gasteiger partial charge < -0.3 is 4.57 Å². The third-order valence-electron chi connectivity index (χ3n) is 1.43. The third kappa shape index (κ3) is 1.63. The molecule has 0 aromatic carbocycles. The SMILES string of the molecule is Clc1ncn(Cc2nn[nH]n2)c1Cl. The molecule has 0 saturated heterocycles. The van der Waals surface area contributed by atoms with Gasteiger partial charge in [0.05, 0.1) is 12.9 Å². The molecule has 8 heteroatoms. The lowest BCUT2D eigenvalue weighted by molar-refractivity contribution is 0.746. The van der Waals surface area contributed by atoms with Crippen LogP contribution in [0.3, 0.4) is 0 Å². The Bertz CT molecular complexity index is 393. The Morgan fingerprint density at radius 1 is 1.46 bits per heavy atom. The van der Waals surface area contributed by atoms with Crippen molar-refractivity contribution in [3.8, 4) is 0 Å². The first-order chi connectivity index (χ1) is 6.27. The molecule has 0 saturated carbocycles. The number of H-pyrrole nitrogens is 1. The summed E-state index contributed by atoms with van der Waals surface area (Å²) in [5.74, 6) is 0.524. The van der Waals surface area contributed by atoms with E-state index in [1.54, 1.807) is 4.57 Å². The molecule has 6 nitrogen and oxygen atoms in total. The van der Waals surface area contributed by atoms with Crippen molar-refractivity contribution in [2.24, 2.45) is 0 Å². The average Bonchev–Trinajstić information content (AvgIpc) is 2.71. The van der Waals surface area contributed by atoms with Gasteiger partial charge in [0.2, 0.25) is 0 Å². The predicted molar refractivity (Wildman–Crippen MR) is 45.5 cm³/mol. The number of nitrogens with one attached hydrogen (secondary N) is 1. The van der Waals surface area contributed by atoms with Crippen molar-refractivity contribution in [3.63, 3.8) is 0 Å². The van der Waals surface area contributed by atoms with E-state index in [1.165, 1.54) is 6.33 Å². The highest BCUT2D eigenvalue weighted by Gasteiger charge is 2.07. The van der Waals surface area contributed by atoms with Crippen molar-refractivity contribution in [2.75, 3.05) is 0 Å². The Labute approximate surface area is 82.9 Å². The first-order valence-corrected chi connectivity index (χ1v) is 4.11. The molecule has 0 amide bonds. The van der Waals surface area contributed by atoms with Crippen molar-refractivity contribution in [1.29, 1.82) is 0 Å². The topological polar surface area (TPSA) is 72.3 Å². The van der Waals surface area contributed by atoms with Crippen LogP contribution in [0.2, 0.25) is 10.3 Å². The van der Waals surface area contributed by atoms with E-state index in [0.717, 1.165) is 0 Å². The first kappa shape index (κ1) is 8.46. The molecule has 2 heterocycles. The zero-order valence-corrected chi connectivity index (χ0v) is 7.79. The van der Waals surface area contributed by atoms with E-state index in [2.05, 4.69) is 25.6 Å². The zero-order chi connectivity index (χ0) is 9.26. The van der Waals surface area contributed by atoms with Crippen LogP contribution < -0.4 is 0 Å². The minimum atomic E-state index is 0.269. The molecule has 13 heavy (non-hydrogen) atoms. The molecule has 2 rings (SSSR count). The molecule has 0 unspecified atom stereocenters. The number of aromatic amines is 1. The van der Waals surface area contributed by atoms with E-state index in [0.29, 0.717) is 17.5 Å². The molecule has 0 aliphatic heterocycles. The molecule has 0 aliphatic carbocycles. The van der Waals surface area contributed by atoms with E-state index in [4.69, 9.17) is 23.2 Å². The average molecular weight is 219 g/mol. The van der Waals surface area contributed by atoms with Crippen molar-refractivity contribution in [2.45, 2.75) is 6.54 Å². The van der Waals surface area contributed by atoms with Gasteiger partial charge in [-0.15, -0.1) is 10.2 Å². The molecular formula is C5H4Cl2N6. The number of hydrogen-bond acceptors (Lipinski definition) is 4. The van der Waals surface area contributed by atoms with Crippen molar-refractivity contribution < 1.29 is 0 Å². The fourth-order valence-corrected chi connectivity index (χ4v) is 1.16. The summed E-state index contributed by atoms with van der Waals surface area (Å²) < 4.78 is 1.62. The second-order valence-electron chi connectivity index (χ2n) is 2.28. The molecule has 2 aromatic rings. The lowest BCUT2D eigenvalue weighted by Crippen LogP contribution is -2.00. The summed E-state index contributed by atoms with van der Waals surface area (Å²) in [4.78, 5) is 3.81. The van der Waals surface area contributed by atoms with Crippen LogP contribution in [-0.4, -0.2) is 30.2 Å². The number of nitrogens with zero attached hydrogens (tertiary/aromatic N) is 5. The van der Waals surface area contributed by atoms with Gasteiger partial charge >= 0.3 is 0 Å². The van der Waals surface area contributed by atoms with Gasteiger partial charge in [0.25, 0.3) is 0 Å². The summed E-state index contributed by atoms with van der Waals surface area (Å²) in [5.41, 5.74) is 0. The Kier molecular flexibility index (Phi) is 2.15. The summed E-state index contributed by atoms with van der Waals surface area (Å²) in [6.45, 7) is 0.398. The van der Waals surface area contributed by atoms with E-state index >= 15 is 0 Å². The number of rotatable bonds is 2. The summed E-state index contributed by atoms with van der Waals surface area (Å²) in [6, 6.07) is 0. The highest BCUT2D eigenvalue weighted by atomic mass is 35.5. The summed E-state index contributed by atoms with van der Waals surface area (Å²) in [5, 5.41) is 13.9. The lowest BCUT2D eigenvalue weighted by atomic mass is 10.6. The smallest absolute Gasteiger partial charge is 0.194 e. The molecule has 68 valence electrons. The lowest BCUT2D eigenvalue weighted by Gasteiger charge is -1.97.